The number of amides is 3. The van der Waals surface area contributed by atoms with E-state index in [1.165, 1.54) is 0 Å². The molecule has 9 heteroatoms. The van der Waals surface area contributed by atoms with E-state index in [-0.39, 0.29) is 23.9 Å². The third kappa shape index (κ3) is 2.46. The number of carbonyl (C=O) groups is 2. The summed E-state index contributed by atoms with van der Waals surface area (Å²) >= 11 is 1.11. The molecule has 1 N–H and O–H groups in total. The molecule has 3 amide bonds. The molecule has 3 heterocycles. The van der Waals surface area contributed by atoms with Gasteiger partial charge >= 0.3 is 10.9 Å². The minimum atomic E-state index is -1.13. The molecule has 0 aliphatic carbocycles. The van der Waals surface area contributed by atoms with Gasteiger partial charge in [-0.05, 0) is 13.8 Å². The van der Waals surface area contributed by atoms with Crippen LogP contribution in [-0.2, 0) is 23.9 Å². The summed E-state index contributed by atoms with van der Waals surface area (Å²) in [5.41, 5.74) is 0.326. The van der Waals surface area contributed by atoms with Gasteiger partial charge in [0, 0.05) is 43.0 Å². The molecule has 23 heavy (non-hydrogen) atoms. The number of carbonyl (C=O) groups excluding carboxylic acids is 2. The van der Waals surface area contributed by atoms with Crippen molar-refractivity contribution in [1.29, 1.82) is 0 Å². The summed E-state index contributed by atoms with van der Waals surface area (Å²) in [7, 11) is 1.75. The van der Waals surface area contributed by atoms with Crippen molar-refractivity contribution in [2.24, 2.45) is 7.05 Å². The lowest BCUT2D eigenvalue weighted by Gasteiger charge is -2.20. The van der Waals surface area contributed by atoms with Gasteiger partial charge < -0.3 is 9.88 Å². The Morgan fingerprint density at radius 1 is 1.30 bits per heavy atom. The Bertz CT molecular complexity index is 836. The second-order valence-corrected chi connectivity index (χ2v) is 6.53. The number of hydrogen-bond donors (Lipinski definition) is 1. The maximum atomic E-state index is 12.7. The van der Waals surface area contributed by atoms with E-state index in [2.05, 4.69) is 10.4 Å². The summed E-state index contributed by atoms with van der Waals surface area (Å²) in [6.07, 6.45) is 3.27. The predicted molar refractivity (Wildman–Crippen MR) is 84.1 cm³/mol. The quantitative estimate of drug-likeness (QED) is 0.820. The van der Waals surface area contributed by atoms with E-state index in [1.54, 1.807) is 41.0 Å². The van der Waals surface area contributed by atoms with Crippen molar-refractivity contribution in [3.63, 3.8) is 0 Å². The van der Waals surface area contributed by atoms with E-state index in [0.717, 1.165) is 21.9 Å². The fourth-order valence-electron chi connectivity index (χ4n) is 2.65. The summed E-state index contributed by atoms with van der Waals surface area (Å²) in [5.74, 6) is -0.337. The molecule has 1 aliphatic rings. The number of aromatic nitrogens is 3. The summed E-state index contributed by atoms with van der Waals surface area (Å²) in [5, 5.41) is 8.53. The monoisotopic (exact) mass is 335 g/mol. The standard InChI is InChI=1S/C14H17N5O3S/c1-9-8-23-13(22)18(9)4-5-19-11(20)14(2,16-12(19)21)10-6-15-17(3)7-10/h6-8H,4-5H2,1-3H3,(H,16,21). The molecule has 8 nitrogen and oxygen atoms in total. The third-order valence-electron chi connectivity index (χ3n) is 4.08. The molecule has 0 aromatic carbocycles. The van der Waals surface area contributed by atoms with Crippen molar-refractivity contribution in [3.8, 4) is 0 Å². The molecular weight excluding hydrogens is 318 g/mol. The second-order valence-electron chi connectivity index (χ2n) is 5.71. The average Bonchev–Trinajstić information content (AvgIpc) is 3.12. The zero-order chi connectivity index (χ0) is 16.8. The SMILES string of the molecule is Cc1csc(=O)n1CCN1C(=O)NC(C)(c2cnn(C)c2)C1=O. The molecule has 1 atom stereocenters. The molecule has 3 rings (SSSR count). The Morgan fingerprint density at radius 2 is 2.04 bits per heavy atom. The van der Waals surface area contributed by atoms with Gasteiger partial charge in [0.2, 0.25) is 0 Å². The highest BCUT2D eigenvalue weighted by atomic mass is 32.1. The molecule has 0 saturated carbocycles. The van der Waals surface area contributed by atoms with Gasteiger partial charge in [-0.3, -0.25) is 19.2 Å². The first kappa shape index (κ1) is 15.5. The van der Waals surface area contributed by atoms with E-state index in [9.17, 15) is 14.4 Å². The molecule has 0 radical (unpaired) electrons. The van der Waals surface area contributed by atoms with E-state index < -0.39 is 11.6 Å². The van der Waals surface area contributed by atoms with Crippen LogP contribution < -0.4 is 10.2 Å². The summed E-state index contributed by atoms with van der Waals surface area (Å²) in [6.45, 7) is 3.92. The van der Waals surface area contributed by atoms with Gasteiger partial charge in [0.1, 0.15) is 5.54 Å². The molecule has 0 spiro atoms. The molecular formula is C14H17N5O3S. The summed E-state index contributed by atoms with van der Waals surface area (Å²) < 4.78 is 3.14. The van der Waals surface area contributed by atoms with Crippen molar-refractivity contribution in [3.05, 3.63) is 38.7 Å². The molecule has 1 fully saturated rings. The number of thiazole rings is 1. The number of urea groups is 1. The molecule has 1 saturated heterocycles. The maximum absolute atomic E-state index is 12.7. The zero-order valence-electron chi connectivity index (χ0n) is 13.1. The van der Waals surface area contributed by atoms with E-state index in [0.29, 0.717) is 5.56 Å². The number of nitrogens with one attached hydrogen (secondary N) is 1. The highest BCUT2D eigenvalue weighted by molar-refractivity contribution is 7.07. The molecule has 0 bridgehead atoms. The Morgan fingerprint density at radius 3 is 2.61 bits per heavy atom. The van der Waals surface area contributed by atoms with E-state index in [1.807, 2.05) is 6.92 Å². The Kier molecular flexibility index (Phi) is 3.59. The van der Waals surface area contributed by atoms with Crippen molar-refractivity contribution >= 4 is 23.3 Å². The van der Waals surface area contributed by atoms with Crippen LogP contribution in [0.3, 0.4) is 0 Å². The molecule has 2 aromatic rings. The number of rotatable bonds is 4. The highest BCUT2D eigenvalue weighted by Gasteiger charge is 2.49. The van der Waals surface area contributed by atoms with Crippen LogP contribution in [0.2, 0.25) is 0 Å². The van der Waals surface area contributed by atoms with Crippen LogP contribution in [0.4, 0.5) is 4.79 Å². The Labute approximate surface area is 136 Å². The number of imide groups is 1. The minimum Gasteiger partial charge on any atom is -0.319 e. The predicted octanol–water partition coefficient (Wildman–Crippen LogP) is 0.419. The Hall–Kier alpha value is -2.42. The van der Waals surface area contributed by atoms with Crippen molar-refractivity contribution in [2.75, 3.05) is 6.54 Å². The molecule has 122 valence electrons. The second kappa shape index (κ2) is 5.34. The number of nitrogens with zero attached hydrogens (tertiary/aromatic N) is 4. The van der Waals surface area contributed by atoms with Crippen LogP contribution in [0, 0.1) is 6.92 Å². The van der Waals surface area contributed by atoms with Gasteiger partial charge in [-0.1, -0.05) is 11.3 Å². The van der Waals surface area contributed by atoms with E-state index in [4.69, 9.17) is 0 Å². The van der Waals surface area contributed by atoms with Crippen LogP contribution in [0.5, 0.6) is 0 Å². The lowest BCUT2D eigenvalue weighted by Crippen LogP contribution is -2.41. The zero-order valence-corrected chi connectivity index (χ0v) is 13.9. The van der Waals surface area contributed by atoms with Crippen molar-refractivity contribution in [1.82, 2.24) is 24.6 Å². The van der Waals surface area contributed by atoms with Crippen LogP contribution in [0.1, 0.15) is 18.2 Å². The largest absolute Gasteiger partial charge is 0.325 e. The highest BCUT2D eigenvalue weighted by Crippen LogP contribution is 2.28. The lowest BCUT2D eigenvalue weighted by molar-refractivity contribution is -0.131. The maximum Gasteiger partial charge on any atom is 0.325 e. The van der Waals surface area contributed by atoms with Crippen LogP contribution >= 0.6 is 11.3 Å². The minimum absolute atomic E-state index is 0.0930. The smallest absolute Gasteiger partial charge is 0.319 e. The van der Waals surface area contributed by atoms with Gasteiger partial charge in [0.05, 0.1) is 6.20 Å². The topological polar surface area (TPSA) is 89.2 Å². The molecule has 1 unspecified atom stereocenters. The first-order valence-electron chi connectivity index (χ1n) is 7.11. The van der Waals surface area contributed by atoms with Gasteiger partial charge in [-0.2, -0.15) is 5.10 Å². The van der Waals surface area contributed by atoms with Gasteiger partial charge in [0.15, 0.2) is 0 Å². The molecule has 2 aromatic heterocycles. The lowest BCUT2D eigenvalue weighted by atomic mass is 9.95. The summed E-state index contributed by atoms with van der Waals surface area (Å²) in [6, 6.07) is -0.456. The third-order valence-corrected chi connectivity index (χ3v) is 4.96. The first-order valence-corrected chi connectivity index (χ1v) is 7.99. The fourth-order valence-corrected chi connectivity index (χ4v) is 3.41. The van der Waals surface area contributed by atoms with Gasteiger partial charge in [0.25, 0.3) is 5.91 Å². The van der Waals surface area contributed by atoms with E-state index >= 15 is 0 Å². The summed E-state index contributed by atoms with van der Waals surface area (Å²) in [4.78, 5) is 37.7. The first-order chi connectivity index (χ1) is 10.8. The fraction of sp³-hybridized carbons (Fsp3) is 0.429. The van der Waals surface area contributed by atoms with Crippen LogP contribution in [0.25, 0.3) is 0 Å². The van der Waals surface area contributed by atoms with Gasteiger partial charge in [-0.15, -0.1) is 0 Å². The van der Waals surface area contributed by atoms with Crippen LogP contribution in [0.15, 0.2) is 22.6 Å². The van der Waals surface area contributed by atoms with Crippen LogP contribution in [-0.4, -0.2) is 37.7 Å². The average molecular weight is 335 g/mol. The Balaban J connectivity index is 1.81. The molecule has 1 aliphatic heterocycles. The normalized spacial score (nSPS) is 21.1. The number of hydrogen-bond acceptors (Lipinski definition) is 5. The van der Waals surface area contributed by atoms with Gasteiger partial charge in [-0.25, -0.2) is 4.79 Å². The van der Waals surface area contributed by atoms with Crippen molar-refractivity contribution in [2.45, 2.75) is 25.9 Å². The van der Waals surface area contributed by atoms with Crippen molar-refractivity contribution < 1.29 is 9.59 Å². The number of aryl methyl sites for hydroxylation is 2.